The predicted molar refractivity (Wildman–Crippen MR) is 100 cm³/mol. The fourth-order valence-corrected chi connectivity index (χ4v) is 3.41. The summed E-state index contributed by atoms with van der Waals surface area (Å²) in [7, 11) is 1.50. The molecule has 2 atom stereocenters. The molecule has 2 N–H and O–H groups in total. The van der Waals surface area contributed by atoms with Crippen molar-refractivity contribution in [3.63, 3.8) is 0 Å². The number of carbonyl (C=O) groups is 2. The fraction of sp³-hybridized carbons (Fsp3) is 0.333. The lowest BCUT2D eigenvalue weighted by atomic mass is 9.82. The quantitative estimate of drug-likeness (QED) is 0.477. The molecule has 2 unspecified atom stereocenters. The van der Waals surface area contributed by atoms with Crippen molar-refractivity contribution in [3.8, 4) is 0 Å². The van der Waals surface area contributed by atoms with Crippen molar-refractivity contribution >= 4 is 11.7 Å². The van der Waals surface area contributed by atoms with E-state index >= 15 is 0 Å². The summed E-state index contributed by atoms with van der Waals surface area (Å²) in [6, 6.07) is 5.29. The van der Waals surface area contributed by atoms with Gasteiger partial charge >= 0.3 is 6.18 Å². The zero-order chi connectivity index (χ0) is 23.3. The van der Waals surface area contributed by atoms with Gasteiger partial charge in [0.25, 0.3) is 0 Å². The molecule has 0 bridgehead atoms. The van der Waals surface area contributed by atoms with Crippen LogP contribution < -0.4 is 10.6 Å². The Hall–Kier alpha value is -2.88. The van der Waals surface area contributed by atoms with Crippen LogP contribution in [-0.2, 0) is 22.3 Å². The lowest BCUT2D eigenvalue weighted by Gasteiger charge is -2.25. The van der Waals surface area contributed by atoms with Gasteiger partial charge in [-0.3, -0.25) is 9.59 Å². The minimum absolute atomic E-state index is 0.0195. The van der Waals surface area contributed by atoms with Gasteiger partial charge in [-0.15, -0.1) is 0 Å². The SMILES string of the molecule is CNCC(c1cc(F)cc(F)c1)C(C(C)=O)C(=O)NCc1cccc(F)c1C(F)(F)F. The van der Waals surface area contributed by atoms with Crippen LogP contribution in [0.2, 0.25) is 0 Å². The molecule has 0 saturated carbocycles. The minimum atomic E-state index is -4.99. The second-order valence-corrected chi connectivity index (χ2v) is 6.94. The molecule has 168 valence electrons. The van der Waals surface area contributed by atoms with Crippen molar-refractivity contribution in [3.05, 3.63) is 70.5 Å². The fourth-order valence-electron chi connectivity index (χ4n) is 3.41. The summed E-state index contributed by atoms with van der Waals surface area (Å²) in [6.45, 7) is 0.374. The van der Waals surface area contributed by atoms with E-state index in [0.717, 1.165) is 31.2 Å². The van der Waals surface area contributed by atoms with E-state index in [1.54, 1.807) is 0 Å². The van der Waals surface area contributed by atoms with Gasteiger partial charge in [0.1, 0.15) is 29.2 Å². The van der Waals surface area contributed by atoms with Gasteiger partial charge < -0.3 is 10.6 Å². The Bertz CT molecular complexity index is 941. The van der Waals surface area contributed by atoms with Crippen LogP contribution in [0, 0.1) is 23.4 Å². The summed E-state index contributed by atoms with van der Waals surface area (Å²) < 4.78 is 80.5. The average molecular weight is 446 g/mol. The number of Topliss-reactive ketones (excluding diaryl/α,β-unsaturated/α-hetero) is 1. The van der Waals surface area contributed by atoms with Crippen molar-refractivity contribution in [2.75, 3.05) is 13.6 Å². The highest BCUT2D eigenvalue weighted by atomic mass is 19.4. The van der Waals surface area contributed by atoms with E-state index in [0.29, 0.717) is 12.1 Å². The summed E-state index contributed by atoms with van der Waals surface area (Å²) in [4.78, 5) is 25.0. The number of amides is 1. The number of rotatable bonds is 8. The van der Waals surface area contributed by atoms with Gasteiger partial charge in [0, 0.05) is 25.1 Å². The van der Waals surface area contributed by atoms with E-state index in [-0.39, 0.29) is 12.1 Å². The van der Waals surface area contributed by atoms with Crippen LogP contribution >= 0.6 is 0 Å². The van der Waals surface area contributed by atoms with Gasteiger partial charge in [-0.1, -0.05) is 12.1 Å². The van der Waals surface area contributed by atoms with Gasteiger partial charge in [-0.2, -0.15) is 13.2 Å². The maximum absolute atomic E-state index is 13.7. The molecule has 10 heteroatoms. The highest BCUT2D eigenvalue weighted by Crippen LogP contribution is 2.34. The third-order valence-electron chi connectivity index (χ3n) is 4.70. The molecule has 1 amide bonds. The molecule has 0 aliphatic heterocycles. The molecule has 0 fully saturated rings. The van der Waals surface area contributed by atoms with Crippen LogP contribution in [0.15, 0.2) is 36.4 Å². The van der Waals surface area contributed by atoms with E-state index < -0.39 is 64.8 Å². The number of carbonyl (C=O) groups excluding carboxylic acids is 2. The summed E-state index contributed by atoms with van der Waals surface area (Å²) in [6.07, 6.45) is -4.99. The lowest BCUT2D eigenvalue weighted by molar-refractivity contribution is -0.141. The Morgan fingerprint density at radius 3 is 2.16 bits per heavy atom. The van der Waals surface area contributed by atoms with E-state index in [1.165, 1.54) is 7.05 Å². The van der Waals surface area contributed by atoms with E-state index in [2.05, 4.69) is 10.6 Å². The van der Waals surface area contributed by atoms with E-state index in [1.807, 2.05) is 0 Å². The zero-order valence-corrected chi connectivity index (χ0v) is 16.6. The molecule has 0 saturated heterocycles. The summed E-state index contributed by atoms with van der Waals surface area (Å²) in [5.41, 5.74) is -2.01. The van der Waals surface area contributed by atoms with Crippen molar-refractivity contribution in [1.29, 1.82) is 0 Å². The highest BCUT2D eigenvalue weighted by Gasteiger charge is 2.37. The second kappa shape index (κ2) is 9.95. The number of halogens is 6. The maximum atomic E-state index is 13.7. The van der Waals surface area contributed by atoms with Crippen molar-refractivity contribution in [1.82, 2.24) is 10.6 Å². The monoisotopic (exact) mass is 446 g/mol. The summed E-state index contributed by atoms with van der Waals surface area (Å²) in [5, 5.41) is 4.95. The number of alkyl halides is 3. The predicted octanol–water partition coefficient (Wildman–Crippen LogP) is 3.95. The van der Waals surface area contributed by atoms with Crippen LogP contribution in [-0.4, -0.2) is 25.3 Å². The first kappa shape index (κ1) is 24.4. The standard InChI is InChI=1S/C21H20F6N2O2/c1-11(30)18(16(10-28-2)13-6-14(22)8-15(23)7-13)20(31)29-9-12-4-3-5-17(24)19(12)21(25,26)27/h3-8,16,18,28H,9-10H2,1-2H3,(H,29,31). The molecule has 0 aliphatic carbocycles. The van der Waals surface area contributed by atoms with Crippen LogP contribution in [0.25, 0.3) is 0 Å². The molecular formula is C21H20F6N2O2. The van der Waals surface area contributed by atoms with Crippen molar-refractivity contribution in [2.24, 2.45) is 5.92 Å². The van der Waals surface area contributed by atoms with Crippen LogP contribution in [0.3, 0.4) is 0 Å². The first-order chi connectivity index (χ1) is 14.5. The van der Waals surface area contributed by atoms with Crippen molar-refractivity contribution in [2.45, 2.75) is 25.6 Å². The highest BCUT2D eigenvalue weighted by molar-refractivity contribution is 6.01. The third kappa shape index (κ3) is 6.06. The molecule has 0 aliphatic rings. The number of hydrogen-bond acceptors (Lipinski definition) is 3. The first-order valence-electron chi connectivity index (χ1n) is 9.19. The first-order valence-corrected chi connectivity index (χ1v) is 9.19. The molecule has 2 aromatic rings. The number of hydrogen-bond donors (Lipinski definition) is 2. The van der Waals surface area contributed by atoms with Crippen molar-refractivity contribution < 1.29 is 35.9 Å². The number of likely N-dealkylation sites (N-methyl/N-ethyl adjacent to an activating group) is 1. The molecule has 2 rings (SSSR count). The Balaban J connectivity index is 2.34. The van der Waals surface area contributed by atoms with Gasteiger partial charge in [0.15, 0.2) is 0 Å². The molecule has 31 heavy (non-hydrogen) atoms. The van der Waals surface area contributed by atoms with Gasteiger partial charge in [-0.05, 0) is 43.3 Å². The average Bonchev–Trinajstić information content (AvgIpc) is 2.63. The van der Waals surface area contributed by atoms with Gasteiger partial charge in [0.05, 0.1) is 5.56 Å². The van der Waals surface area contributed by atoms with E-state index in [4.69, 9.17) is 0 Å². The lowest BCUT2D eigenvalue weighted by Crippen LogP contribution is -2.41. The number of nitrogens with one attached hydrogen (secondary N) is 2. The summed E-state index contributed by atoms with van der Waals surface area (Å²) >= 11 is 0. The summed E-state index contributed by atoms with van der Waals surface area (Å²) in [5.74, 6) is -7.36. The molecular weight excluding hydrogens is 426 g/mol. The Kier molecular flexibility index (Phi) is 7.83. The molecule has 0 spiro atoms. The van der Waals surface area contributed by atoms with Gasteiger partial charge in [-0.25, -0.2) is 13.2 Å². The smallest absolute Gasteiger partial charge is 0.351 e. The zero-order valence-electron chi connectivity index (χ0n) is 16.6. The molecule has 4 nitrogen and oxygen atoms in total. The number of benzene rings is 2. The molecule has 0 heterocycles. The third-order valence-corrected chi connectivity index (χ3v) is 4.70. The normalized spacial score (nSPS) is 13.5. The minimum Gasteiger partial charge on any atom is -0.351 e. The van der Waals surface area contributed by atoms with E-state index in [9.17, 15) is 35.9 Å². The molecule has 0 aromatic heterocycles. The van der Waals surface area contributed by atoms with Gasteiger partial charge in [0.2, 0.25) is 5.91 Å². The van der Waals surface area contributed by atoms with Crippen LogP contribution in [0.1, 0.15) is 29.5 Å². The topological polar surface area (TPSA) is 58.2 Å². The Morgan fingerprint density at radius 2 is 1.65 bits per heavy atom. The second-order valence-electron chi connectivity index (χ2n) is 6.94. The largest absolute Gasteiger partial charge is 0.419 e. The Morgan fingerprint density at radius 1 is 1.03 bits per heavy atom. The van der Waals surface area contributed by atoms with Crippen LogP contribution in [0.5, 0.6) is 0 Å². The molecule has 0 radical (unpaired) electrons. The Labute approximate surface area is 174 Å². The van der Waals surface area contributed by atoms with Crippen LogP contribution in [0.4, 0.5) is 26.3 Å². The number of ketones is 1. The maximum Gasteiger partial charge on any atom is 0.419 e. The molecule has 2 aromatic carbocycles.